The number of rotatable bonds is 4. The van der Waals surface area contributed by atoms with Gasteiger partial charge in [-0.25, -0.2) is 5.10 Å². The molecule has 1 fully saturated rings. The quantitative estimate of drug-likeness (QED) is 0.696. The number of hydrogen-bond donors (Lipinski definition) is 2. The summed E-state index contributed by atoms with van der Waals surface area (Å²) in [5.74, 6) is 0.0748. The largest absolute Gasteiger partial charge is 0.349 e. The van der Waals surface area contributed by atoms with Crippen molar-refractivity contribution < 1.29 is 4.79 Å². The summed E-state index contributed by atoms with van der Waals surface area (Å²) in [6, 6.07) is 19.2. The van der Waals surface area contributed by atoms with E-state index in [0.717, 1.165) is 30.4 Å². The molecule has 1 amide bonds. The standard InChI is InChI=1S/C24H25N3O2/c1-16-10-8-9-15-19(16)25-23(28)21-20(17-11-4-2-5-12-17)22(26-27-24(21)29)18-13-6-3-7-14-18/h2-7,11-14,16,19H,8-10,15H2,1H3,(H,25,28)(H,27,29). The first-order valence-electron chi connectivity index (χ1n) is 10.2. The number of aromatic amines is 1. The number of carbonyl (C=O) groups excluding carboxylic acids is 1. The number of carbonyl (C=O) groups is 1. The van der Waals surface area contributed by atoms with E-state index in [-0.39, 0.29) is 17.5 Å². The minimum absolute atomic E-state index is 0.0904. The fourth-order valence-electron chi connectivity index (χ4n) is 4.13. The molecule has 1 aliphatic carbocycles. The molecule has 1 aromatic heterocycles. The molecular weight excluding hydrogens is 362 g/mol. The molecule has 0 aliphatic heterocycles. The lowest BCUT2D eigenvalue weighted by Gasteiger charge is -2.29. The summed E-state index contributed by atoms with van der Waals surface area (Å²) >= 11 is 0. The monoisotopic (exact) mass is 387 g/mol. The Morgan fingerprint density at radius 1 is 0.966 bits per heavy atom. The highest BCUT2D eigenvalue weighted by Gasteiger charge is 2.27. The van der Waals surface area contributed by atoms with E-state index >= 15 is 0 Å². The van der Waals surface area contributed by atoms with Crippen molar-refractivity contribution in [3.05, 3.63) is 76.6 Å². The zero-order chi connectivity index (χ0) is 20.2. The lowest BCUT2D eigenvalue weighted by atomic mass is 9.85. The molecule has 5 heteroatoms. The molecule has 1 heterocycles. The minimum atomic E-state index is -0.468. The molecule has 29 heavy (non-hydrogen) atoms. The Hall–Kier alpha value is -3.21. The SMILES string of the molecule is CC1CCCCC1NC(=O)c1c(-c2ccccc2)c(-c2ccccc2)n[nH]c1=O. The average molecular weight is 387 g/mol. The summed E-state index contributed by atoms with van der Waals surface area (Å²) in [4.78, 5) is 26.1. The highest BCUT2D eigenvalue weighted by molar-refractivity contribution is 6.03. The van der Waals surface area contributed by atoms with Crippen LogP contribution in [-0.4, -0.2) is 22.1 Å². The first-order valence-corrected chi connectivity index (χ1v) is 10.2. The third-order valence-corrected chi connectivity index (χ3v) is 5.75. The fourth-order valence-corrected chi connectivity index (χ4v) is 4.13. The Morgan fingerprint density at radius 3 is 2.24 bits per heavy atom. The predicted octanol–water partition coefficient (Wildman–Crippen LogP) is 4.41. The summed E-state index contributed by atoms with van der Waals surface area (Å²) in [6.45, 7) is 2.16. The Balaban J connectivity index is 1.84. The molecule has 0 saturated heterocycles. The van der Waals surface area contributed by atoms with Gasteiger partial charge in [-0.3, -0.25) is 9.59 Å². The third kappa shape index (κ3) is 3.99. The molecule has 0 radical (unpaired) electrons. The van der Waals surface area contributed by atoms with Gasteiger partial charge < -0.3 is 5.32 Å². The molecule has 2 unspecified atom stereocenters. The van der Waals surface area contributed by atoms with Gasteiger partial charge >= 0.3 is 0 Å². The molecule has 5 nitrogen and oxygen atoms in total. The van der Waals surface area contributed by atoms with Crippen LogP contribution >= 0.6 is 0 Å². The summed E-state index contributed by atoms with van der Waals surface area (Å²) in [5, 5.41) is 9.98. The Labute approximate surface area is 170 Å². The summed E-state index contributed by atoms with van der Waals surface area (Å²) in [7, 11) is 0. The van der Waals surface area contributed by atoms with Crippen LogP contribution in [0.2, 0.25) is 0 Å². The van der Waals surface area contributed by atoms with Crippen LogP contribution in [0.4, 0.5) is 0 Å². The van der Waals surface area contributed by atoms with Crippen LogP contribution < -0.4 is 10.9 Å². The average Bonchev–Trinajstić information content (AvgIpc) is 2.76. The van der Waals surface area contributed by atoms with Gasteiger partial charge in [0.15, 0.2) is 0 Å². The van der Waals surface area contributed by atoms with Gasteiger partial charge in [-0.05, 0) is 24.3 Å². The van der Waals surface area contributed by atoms with Crippen molar-refractivity contribution in [2.24, 2.45) is 5.92 Å². The van der Waals surface area contributed by atoms with E-state index in [1.165, 1.54) is 6.42 Å². The molecule has 2 N–H and O–H groups in total. The van der Waals surface area contributed by atoms with Crippen LogP contribution in [0.15, 0.2) is 65.5 Å². The van der Waals surface area contributed by atoms with Crippen molar-refractivity contribution in [3.8, 4) is 22.4 Å². The second-order valence-corrected chi connectivity index (χ2v) is 7.73. The number of nitrogens with zero attached hydrogens (tertiary/aromatic N) is 1. The number of aromatic nitrogens is 2. The number of amides is 1. The molecular formula is C24H25N3O2. The lowest BCUT2D eigenvalue weighted by molar-refractivity contribution is 0.0909. The molecule has 0 bridgehead atoms. The maximum absolute atomic E-state index is 13.3. The van der Waals surface area contributed by atoms with Crippen molar-refractivity contribution in [3.63, 3.8) is 0 Å². The molecule has 4 rings (SSSR count). The first-order chi connectivity index (χ1) is 14.1. The van der Waals surface area contributed by atoms with Crippen LogP contribution in [0.1, 0.15) is 43.0 Å². The van der Waals surface area contributed by atoms with E-state index < -0.39 is 5.56 Å². The van der Waals surface area contributed by atoms with Crippen molar-refractivity contribution in [1.82, 2.24) is 15.5 Å². The molecule has 2 atom stereocenters. The molecule has 1 saturated carbocycles. The van der Waals surface area contributed by atoms with Gasteiger partial charge in [0, 0.05) is 17.2 Å². The van der Waals surface area contributed by atoms with E-state index in [0.29, 0.717) is 17.2 Å². The normalized spacial score (nSPS) is 18.9. The van der Waals surface area contributed by atoms with Gasteiger partial charge in [-0.1, -0.05) is 80.4 Å². The Morgan fingerprint density at radius 2 is 1.59 bits per heavy atom. The van der Waals surface area contributed by atoms with Crippen molar-refractivity contribution >= 4 is 5.91 Å². The zero-order valence-electron chi connectivity index (χ0n) is 16.5. The number of H-pyrrole nitrogens is 1. The van der Waals surface area contributed by atoms with Crippen LogP contribution in [0.25, 0.3) is 22.4 Å². The van der Waals surface area contributed by atoms with Crippen LogP contribution in [0.5, 0.6) is 0 Å². The molecule has 148 valence electrons. The minimum Gasteiger partial charge on any atom is -0.349 e. The first kappa shape index (κ1) is 19.1. The Bertz CT molecular complexity index is 1040. The zero-order valence-corrected chi connectivity index (χ0v) is 16.5. The van der Waals surface area contributed by atoms with Gasteiger partial charge in [0.05, 0.1) is 5.69 Å². The fraction of sp³-hybridized carbons (Fsp3) is 0.292. The second-order valence-electron chi connectivity index (χ2n) is 7.73. The van der Waals surface area contributed by atoms with Crippen molar-refractivity contribution in [2.75, 3.05) is 0 Å². The molecule has 2 aromatic carbocycles. The van der Waals surface area contributed by atoms with Crippen LogP contribution in [0, 0.1) is 5.92 Å². The summed E-state index contributed by atoms with van der Waals surface area (Å²) in [6.07, 6.45) is 4.33. The van der Waals surface area contributed by atoms with Gasteiger partial charge in [-0.2, -0.15) is 5.10 Å². The van der Waals surface area contributed by atoms with E-state index in [1.54, 1.807) is 0 Å². The maximum atomic E-state index is 13.3. The summed E-state index contributed by atoms with van der Waals surface area (Å²) in [5.41, 5.74) is 2.47. The highest BCUT2D eigenvalue weighted by Crippen LogP contribution is 2.32. The number of nitrogens with one attached hydrogen (secondary N) is 2. The van der Waals surface area contributed by atoms with E-state index in [9.17, 15) is 9.59 Å². The smallest absolute Gasteiger partial charge is 0.277 e. The highest BCUT2D eigenvalue weighted by atomic mass is 16.2. The van der Waals surface area contributed by atoms with E-state index in [2.05, 4.69) is 22.4 Å². The molecule has 0 spiro atoms. The van der Waals surface area contributed by atoms with Gasteiger partial charge in [0.1, 0.15) is 5.56 Å². The predicted molar refractivity (Wildman–Crippen MR) is 115 cm³/mol. The van der Waals surface area contributed by atoms with Crippen LogP contribution in [0.3, 0.4) is 0 Å². The topological polar surface area (TPSA) is 74.8 Å². The summed E-state index contributed by atoms with van der Waals surface area (Å²) < 4.78 is 0. The Kier molecular flexibility index (Phi) is 5.56. The maximum Gasteiger partial charge on any atom is 0.277 e. The lowest BCUT2D eigenvalue weighted by Crippen LogP contribution is -2.43. The third-order valence-electron chi connectivity index (χ3n) is 5.75. The van der Waals surface area contributed by atoms with Crippen molar-refractivity contribution in [1.29, 1.82) is 0 Å². The van der Waals surface area contributed by atoms with Gasteiger partial charge in [-0.15, -0.1) is 0 Å². The van der Waals surface area contributed by atoms with Gasteiger partial charge in [0.25, 0.3) is 11.5 Å². The van der Waals surface area contributed by atoms with Gasteiger partial charge in [0.2, 0.25) is 0 Å². The molecule has 1 aliphatic rings. The second kappa shape index (κ2) is 8.43. The molecule has 3 aromatic rings. The van der Waals surface area contributed by atoms with E-state index in [1.807, 2.05) is 60.7 Å². The number of hydrogen-bond acceptors (Lipinski definition) is 3. The van der Waals surface area contributed by atoms with Crippen LogP contribution in [-0.2, 0) is 0 Å². The number of benzene rings is 2. The van der Waals surface area contributed by atoms with E-state index in [4.69, 9.17) is 0 Å². The van der Waals surface area contributed by atoms with Crippen molar-refractivity contribution in [2.45, 2.75) is 38.6 Å².